The van der Waals surface area contributed by atoms with Crippen molar-refractivity contribution in [3.05, 3.63) is 78.1 Å². The predicted molar refractivity (Wildman–Crippen MR) is 107 cm³/mol. The van der Waals surface area contributed by atoms with Gasteiger partial charge in [-0.3, -0.25) is 9.59 Å². The third-order valence-corrected chi connectivity index (χ3v) is 5.33. The van der Waals surface area contributed by atoms with Crippen LogP contribution in [-0.4, -0.2) is 39.9 Å². The van der Waals surface area contributed by atoms with Gasteiger partial charge >= 0.3 is 0 Å². The van der Waals surface area contributed by atoms with Gasteiger partial charge in [-0.05, 0) is 30.2 Å². The van der Waals surface area contributed by atoms with E-state index in [-0.39, 0.29) is 18.7 Å². The van der Waals surface area contributed by atoms with Crippen LogP contribution in [0.15, 0.2) is 66.1 Å². The molecule has 0 unspecified atom stereocenters. The van der Waals surface area contributed by atoms with Crippen LogP contribution in [0.4, 0.5) is 4.39 Å². The van der Waals surface area contributed by atoms with Crippen molar-refractivity contribution < 1.29 is 22.4 Å². The Bertz CT molecular complexity index is 978. The lowest BCUT2D eigenvalue weighted by molar-refractivity contribution is -0.120. The number of carbonyl (C=O) groups excluding carboxylic acids is 2. The quantitative estimate of drug-likeness (QED) is 0.506. The van der Waals surface area contributed by atoms with E-state index in [9.17, 15) is 22.4 Å². The molecule has 2 aromatic carbocycles. The highest BCUT2D eigenvalue weighted by Gasteiger charge is 2.20. The fourth-order valence-electron chi connectivity index (χ4n) is 2.41. The molecule has 0 saturated heterocycles. The summed E-state index contributed by atoms with van der Waals surface area (Å²) in [6.45, 7) is 3.42. The summed E-state index contributed by atoms with van der Waals surface area (Å²) in [6, 6.07) is 12.5. The third kappa shape index (κ3) is 6.81. The first-order valence-corrected chi connectivity index (χ1v) is 10.3. The molecule has 29 heavy (non-hydrogen) atoms. The number of hydrogen-bond donors (Lipinski definition) is 3. The Balaban J connectivity index is 1.90. The second kappa shape index (κ2) is 10.5. The Morgan fingerprint density at radius 2 is 1.79 bits per heavy atom. The first-order valence-electron chi connectivity index (χ1n) is 8.82. The van der Waals surface area contributed by atoms with Gasteiger partial charge in [0.1, 0.15) is 10.7 Å². The second-order valence-corrected chi connectivity index (χ2v) is 7.79. The Labute approximate surface area is 169 Å². The number of nitrogens with one attached hydrogen (secondary N) is 3. The molecule has 0 aliphatic rings. The van der Waals surface area contributed by atoms with Crippen LogP contribution in [0.5, 0.6) is 0 Å². The number of carbonyl (C=O) groups is 2. The average molecular weight is 419 g/mol. The standard InChI is InChI=1S/C20H22FN3O4S/c1-2-11-24-29(27,28)18-13-16(8-9-17(18)21)20(26)23-14-19(25)22-12-10-15-6-4-3-5-7-15/h2-9,13,24H,1,10-12,14H2,(H,22,25)(H,23,26). The maximum atomic E-state index is 13.9. The molecule has 2 amide bonds. The van der Waals surface area contributed by atoms with E-state index in [1.807, 2.05) is 30.3 Å². The van der Waals surface area contributed by atoms with Gasteiger partial charge in [-0.2, -0.15) is 0 Å². The van der Waals surface area contributed by atoms with Crippen LogP contribution >= 0.6 is 0 Å². The monoisotopic (exact) mass is 419 g/mol. The van der Waals surface area contributed by atoms with Crippen molar-refractivity contribution in [2.45, 2.75) is 11.3 Å². The molecule has 0 atom stereocenters. The molecule has 154 valence electrons. The minimum Gasteiger partial charge on any atom is -0.354 e. The molecule has 7 nitrogen and oxygen atoms in total. The van der Waals surface area contributed by atoms with Crippen LogP contribution in [0.1, 0.15) is 15.9 Å². The normalized spacial score (nSPS) is 10.9. The van der Waals surface area contributed by atoms with E-state index in [0.717, 1.165) is 23.8 Å². The maximum Gasteiger partial charge on any atom is 0.251 e. The SMILES string of the molecule is C=CCNS(=O)(=O)c1cc(C(=O)NCC(=O)NCCc2ccccc2)ccc1F. The summed E-state index contributed by atoms with van der Waals surface area (Å²) in [5.41, 5.74) is 0.990. The zero-order valence-electron chi connectivity index (χ0n) is 15.7. The molecule has 0 bridgehead atoms. The van der Waals surface area contributed by atoms with Gasteiger partial charge in [-0.25, -0.2) is 17.5 Å². The molecule has 2 rings (SSSR count). The topological polar surface area (TPSA) is 104 Å². The van der Waals surface area contributed by atoms with Crippen LogP contribution in [-0.2, 0) is 21.2 Å². The van der Waals surface area contributed by atoms with E-state index < -0.39 is 32.6 Å². The summed E-state index contributed by atoms with van der Waals surface area (Å²) in [4.78, 5) is 23.4. The summed E-state index contributed by atoms with van der Waals surface area (Å²) >= 11 is 0. The van der Waals surface area contributed by atoms with Crippen molar-refractivity contribution in [1.82, 2.24) is 15.4 Å². The zero-order valence-corrected chi connectivity index (χ0v) is 16.5. The maximum absolute atomic E-state index is 13.9. The number of hydrogen-bond acceptors (Lipinski definition) is 4. The highest BCUT2D eigenvalue weighted by molar-refractivity contribution is 7.89. The minimum atomic E-state index is -4.13. The summed E-state index contributed by atoms with van der Waals surface area (Å²) in [7, 11) is -4.13. The molecular weight excluding hydrogens is 397 g/mol. The molecule has 9 heteroatoms. The molecule has 0 aliphatic carbocycles. The summed E-state index contributed by atoms with van der Waals surface area (Å²) in [6.07, 6.45) is 1.96. The molecule has 0 fully saturated rings. The number of rotatable bonds is 10. The van der Waals surface area contributed by atoms with Gasteiger partial charge < -0.3 is 10.6 Å². The fourth-order valence-corrected chi connectivity index (χ4v) is 3.51. The van der Waals surface area contributed by atoms with E-state index in [1.165, 1.54) is 6.08 Å². The lowest BCUT2D eigenvalue weighted by Crippen LogP contribution is -2.37. The van der Waals surface area contributed by atoms with Gasteiger partial charge in [0.25, 0.3) is 5.91 Å². The Morgan fingerprint density at radius 1 is 1.07 bits per heavy atom. The summed E-state index contributed by atoms with van der Waals surface area (Å²) in [5, 5.41) is 5.06. The van der Waals surface area contributed by atoms with Gasteiger partial charge in [0.05, 0.1) is 6.54 Å². The molecule has 0 heterocycles. The highest BCUT2D eigenvalue weighted by atomic mass is 32.2. The van der Waals surface area contributed by atoms with Gasteiger partial charge in [0.2, 0.25) is 15.9 Å². The molecule has 3 N–H and O–H groups in total. The first kappa shape index (κ1) is 22.3. The molecule has 0 spiro atoms. The van der Waals surface area contributed by atoms with E-state index in [1.54, 1.807) is 0 Å². The van der Waals surface area contributed by atoms with Crippen LogP contribution < -0.4 is 15.4 Å². The van der Waals surface area contributed by atoms with E-state index in [4.69, 9.17) is 0 Å². The van der Waals surface area contributed by atoms with Gasteiger partial charge in [0.15, 0.2) is 0 Å². The molecule has 0 saturated carbocycles. The first-order chi connectivity index (χ1) is 13.8. The average Bonchev–Trinajstić information content (AvgIpc) is 2.71. The minimum absolute atomic E-state index is 0.0811. The van der Waals surface area contributed by atoms with Crippen LogP contribution in [0, 0.1) is 5.82 Å². The Hall–Kier alpha value is -3.04. The molecule has 0 aliphatic heterocycles. The highest BCUT2D eigenvalue weighted by Crippen LogP contribution is 2.16. The zero-order chi connectivity index (χ0) is 21.3. The van der Waals surface area contributed by atoms with E-state index in [2.05, 4.69) is 21.9 Å². The van der Waals surface area contributed by atoms with Gasteiger partial charge in [-0.15, -0.1) is 6.58 Å². The van der Waals surface area contributed by atoms with Crippen LogP contribution in [0.2, 0.25) is 0 Å². The van der Waals surface area contributed by atoms with Gasteiger partial charge in [0, 0.05) is 18.7 Å². The van der Waals surface area contributed by atoms with Crippen molar-refractivity contribution in [1.29, 1.82) is 0 Å². The fraction of sp³-hybridized carbons (Fsp3) is 0.200. The van der Waals surface area contributed by atoms with Crippen LogP contribution in [0.3, 0.4) is 0 Å². The van der Waals surface area contributed by atoms with E-state index in [0.29, 0.717) is 13.0 Å². The Morgan fingerprint density at radius 3 is 2.48 bits per heavy atom. The second-order valence-electron chi connectivity index (χ2n) is 6.05. The summed E-state index contributed by atoms with van der Waals surface area (Å²) in [5.74, 6) is -2.07. The predicted octanol–water partition coefficient (Wildman–Crippen LogP) is 1.38. The van der Waals surface area contributed by atoms with Crippen molar-refractivity contribution in [3.63, 3.8) is 0 Å². The molecule has 0 aromatic heterocycles. The molecule has 0 radical (unpaired) electrons. The lowest BCUT2D eigenvalue weighted by Gasteiger charge is -2.10. The summed E-state index contributed by atoms with van der Waals surface area (Å²) < 4.78 is 40.2. The van der Waals surface area contributed by atoms with Crippen molar-refractivity contribution in [3.8, 4) is 0 Å². The van der Waals surface area contributed by atoms with Crippen molar-refractivity contribution in [2.75, 3.05) is 19.6 Å². The molecule has 2 aromatic rings. The van der Waals surface area contributed by atoms with Crippen molar-refractivity contribution in [2.24, 2.45) is 0 Å². The number of benzene rings is 2. The largest absolute Gasteiger partial charge is 0.354 e. The van der Waals surface area contributed by atoms with Crippen LogP contribution in [0.25, 0.3) is 0 Å². The smallest absolute Gasteiger partial charge is 0.251 e. The van der Waals surface area contributed by atoms with E-state index >= 15 is 0 Å². The molecular formula is C20H22FN3O4S. The third-order valence-electron chi connectivity index (χ3n) is 3.89. The Kier molecular flexibility index (Phi) is 8.05. The van der Waals surface area contributed by atoms with Gasteiger partial charge in [-0.1, -0.05) is 36.4 Å². The number of sulfonamides is 1. The number of amides is 2. The lowest BCUT2D eigenvalue weighted by atomic mass is 10.1. The van der Waals surface area contributed by atoms with Crippen molar-refractivity contribution >= 4 is 21.8 Å². The number of halogens is 1.